The minimum absolute atomic E-state index is 0. The van der Waals surface area contributed by atoms with E-state index in [0.29, 0.717) is 27.1 Å². The summed E-state index contributed by atoms with van der Waals surface area (Å²) in [4.78, 5) is 0. The first-order valence-corrected chi connectivity index (χ1v) is 41.3. The summed E-state index contributed by atoms with van der Waals surface area (Å²) < 4.78 is 0. The van der Waals surface area contributed by atoms with Crippen molar-refractivity contribution >= 4 is 0 Å². The average Bonchev–Trinajstić information content (AvgIpc) is 1.23. The molecule has 8 fully saturated rings. The molecule has 0 saturated heterocycles. The van der Waals surface area contributed by atoms with E-state index in [4.69, 9.17) is 0 Å². The molecule has 8 aliphatic carbocycles. The monoisotopic (exact) mass is 1430 g/mol. The zero-order chi connectivity index (χ0) is 69.0. The molecule has 0 N–H and O–H groups in total. The fourth-order valence-electron chi connectivity index (χ4n) is 15.4. The summed E-state index contributed by atoms with van der Waals surface area (Å²) in [5.41, 5.74) is 2.99. The average molecular weight is 1430 g/mol. The SMILES string of the molecule is C.C.C.C.C.C.C.C.C.C.C.CC(C)C1CCC1.CC(C)C1CCCC1.CC1C(C)(C)CCCC1(C)C.CC1CCC(C)(C)CC1.CC1CCCC(C)C1C.CC1CCCC[C@H]1C.CCC(CC)CC.CCC1CCCC1.CCCC(C)(C)C.CCCCC(C)C.C[C@@H]1CCCCC1(C)C. The molecule has 8 rings (SSSR count). The molecule has 0 heteroatoms. The zero-order valence-electron chi connectivity index (χ0n) is 69.0. The molecule has 0 aromatic carbocycles. The largest absolute Gasteiger partial charge is 0.0776 e. The van der Waals surface area contributed by atoms with Gasteiger partial charge in [-0.1, -0.05) is 502 Å². The van der Waals surface area contributed by atoms with E-state index in [0.717, 1.165) is 88.8 Å². The molecular formula is C100H228. The smallest absolute Gasteiger partial charge is 0.0323 e. The van der Waals surface area contributed by atoms with Gasteiger partial charge >= 0.3 is 0 Å². The molecule has 0 aromatic heterocycles. The second-order valence-electron chi connectivity index (χ2n) is 37.7. The standard InChI is InChI=1S/C11H22.3C9H18.2C8H16.2C7H14.3C7H16.11CH4/c1-9-10(2,3)7-6-8-11(9,4)5;1-8-4-6-9(2,3)7-5-8;1-8-6-4-5-7-9(8,2)3;1-7-5-4-6-8(2)9(7)3;1-7-5-3-4-6-8(7)2;1-7(2)8-5-3-4-6-8;1-6(2)7-4-3-5-7;1-2-7-5-3-4-6-7;1-5-6-7(2,3)4;1-4-5-6-7(2)3;1-4-7(5-2)6-3;;;;;;;;;;;/h9H,6-8H2,1-5H3;2*8H,4-7H2,1-3H3;7-9H,4-6H2,1-3H3;2*7-8H,3-6H2,1-2H3;6-7H,3-5H2,1-2H3;7H,2-6H2,1H3;5-6H2,1-4H3;2*7H,4-6H2,1-3H3;11*1H4/t;;8-;;7-,8?;;;;;;;;;;;;;;;;;/m..1.1................./s1. The van der Waals surface area contributed by atoms with E-state index in [2.05, 4.69) is 215 Å². The quantitative estimate of drug-likeness (QED) is 0.205. The Hall–Kier alpha value is 0. The maximum absolute atomic E-state index is 2.42. The normalized spacial score (nSPS) is 23.6. The molecule has 0 radical (unpaired) electrons. The summed E-state index contributed by atoms with van der Waals surface area (Å²) in [6.45, 7) is 72.6. The van der Waals surface area contributed by atoms with Gasteiger partial charge in [0.2, 0.25) is 0 Å². The fraction of sp³-hybridized carbons (Fsp3) is 1.00. The van der Waals surface area contributed by atoms with Gasteiger partial charge in [0.05, 0.1) is 0 Å². The molecule has 0 heterocycles. The second kappa shape index (κ2) is 74.5. The third kappa shape index (κ3) is 69.7. The van der Waals surface area contributed by atoms with Crippen LogP contribution in [0.25, 0.3) is 0 Å². The van der Waals surface area contributed by atoms with E-state index in [9.17, 15) is 0 Å². The van der Waals surface area contributed by atoms with E-state index in [1.807, 2.05) is 0 Å². The number of hydrogen-bond acceptors (Lipinski definition) is 0. The Morgan fingerprint density at radius 2 is 0.680 bits per heavy atom. The van der Waals surface area contributed by atoms with Crippen molar-refractivity contribution in [1.29, 1.82) is 0 Å². The minimum atomic E-state index is 0. The van der Waals surface area contributed by atoms with Crippen molar-refractivity contribution in [3.63, 3.8) is 0 Å². The Labute approximate surface area is 652 Å². The van der Waals surface area contributed by atoms with Crippen LogP contribution in [0.5, 0.6) is 0 Å². The summed E-state index contributed by atoms with van der Waals surface area (Å²) in [5.74, 6) is 14.8. The molecule has 8 saturated carbocycles. The molecule has 5 atom stereocenters. The Morgan fingerprint density at radius 3 is 0.870 bits per heavy atom. The summed E-state index contributed by atoms with van der Waals surface area (Å²) in [6.07, 6.45) is 54.9. The molecular weight excluding hydrogens is 1200 g/mol. The molecule has 8 aliphatic rings. The minimum Gasteiger partial charge on any atom is -0.0776 e. The van der Waals surface area contributed by atoms with Crippen molar-refractivity contribution in [2.75, 3.05) is 0 Å². The molecule has 0 aliphatic heterocycles. The van der Waals surface area contributed by atoms with Crippen molar-refractivity contribution in [2.24, 2.45) is 116 Å². The highest BCUT2D eigenvalue weighted by Gasteiger charge is 2.40. The maximum Gasteiger partial charge on any atom is -0.0323 e. The van der Waals surface area contributed by atoms with E-state index >= 15 is 0 Å². The Balaban J connectivity index is -0.0000000672. The molecule has 0 spiro atoms. The van der Waals surface area contributed by atoms with Crippen LogP contribution in [0.15, 0.2) is 0 Å². The van der Waals surface area contributed by atoms with Gasteiger partial charge in [0.25, 0.3) is 0 Å². The third-order valence-electron chi connectivity index (χ3n) is 25.7. The lowest BCUT2D eigenvalue weighted by atomic mass is 9.58. The molecule has 0 nitrogen and oxygen atoms in total. The Kier molecular flexibility index (Phi) is 98.7. The molecule has 3 unspecified atom stereocenters. The van der Waals surface area contributed by atoms with E-state index in [-0.39, 0.29) is 81.7 Å². The van der Waals surface area contributed by atoms with E-state index < -0.39 is 0 Å². The van der Waals surface area contributed by atoms with Crippen LogP contribution in [0, 0.1) is 116 Å². The summed E-state index contributed by atoms with van der Waals surface area (Å²) in [6, 6.07) is 0. The number of unbranched alkanes of at least 4 members (excludes halogenated alkanes) is 1. The first kappa shape index (κ1) is 133. The molecule has 0 amide bonds. The Bertz CT molecular complexity index is 1430. The number of rotatable bonds is 10. The van der Waals surface area contributed by atoms with Crippen molar-refractivity contribution in [3.8, 4) is 0 Å². The van der Waals surface area contributed by atoms with Crippen LogP contribution in [0.4, 0.5) is 0 Å². The van der Waals surface area contributed by atoms with Crippen LogP contribution < -0.4 is 0 Å². The van der Waals surface area contributed by atoms with Gasteiger partial charge in [-0.25, -0.2) is 0 Å². The van der Waals surface area contributed by atoms with Crippen molar-refractivity contribution in [2.45, 2.75) is 540 Å². The summed E-state index contributed by atoms with van der Waals surface area (Å²) in [5, 5.41) is 0. The summed E-state index contributed by atoms with van der Waals surface area (Å²) >= 11 is 0. The van der Waals surface area contributed by atoms with Crippen LogP contribution in [0.2, 0.25) is 0 Å². The van der Waals surface area contributed by atoms with Crippen molar-refractivity contribution < 1.29 is 0 Å². The summed E-state index contributed by atoms with van der Waals surface area (Å²) in [7, 11) is 0. The van der Waals surface area contributed by atoms with Gasteiger partial charge in [0.1, 0.15) is 0 Å². The van der Waals surface area contributed by atoms with Crippen LogP contribution >= 0.6 is 0 Å². The third-order valence-corrected chi connectivity index (χ3v) is 25.7. The molecule has 0 bridgehead atoms. The predicted octanol–water partition coefficient (Wildman–Crippen LogP) is 39.6. The van der Waals surface area contributed by atoms with Gasteiger partial charge in [-0.15, -0.1) is 0 Å². The first-order chi connectivity index (χ1) is 41.3. The fourth-order valence-corrected chi connectivity index (χ4v) is 15.4. The van der Waals surface area contributed by atoms with Crippen LogP contribution in [-0.4, -0.2) is 0 Å². The Morgan fingerprint density at radius 1 is 0.350 bits per heavy atom. The molecule has 0 aromatic rings. The first-order valence-electron chi connectivity index (χ1n) is 41.3. The van der Waals surface area contributed by atoms with Crippen molar-refractivity contribution in [3.05, 3.63) is 0 Å². The maximum atomic E-state index is 2.42. The van der Waals surface area contributed by atoms with E-state index in [1.54, 1.807) is 0 Å². The molecule has 628 valence electrons. The lowest BCUT2D eigenvalue weighted by Gasteiger charge is -2.47. The van der Waals surface area contributed by atoms with Crippen LogP contribution in [0.3, 0.4) is 0 Å². The zero-order valence-corrected chi connectivity index (χ0v) is 69.0. The van der Waals surface area contributed by atoms with Crippen LogP contribution in [0.1, 0.15) is 540 Å². The lowest BCUT2D eigenvalue weighted by molar-refractivity contribution is 0.0286. The van der Waals surface area contributed by atoms with Gasteiger partial charge in [-0.2, -0.15) is 0 Å². The van der Waals surface area contributed by atoms with Gasteiger partial charge in [0.15, 0.2) is 0 Å². The van der Waals surface area contributed by atoms with E-state index in [1.165, 1.54) is 244 Å². The highest BCUT2D eigenvalue weighted by atomic mass is 14.5. The van der Waals surface area contributed by atoms with Gasteiger partial charge in [-0.05, 0) is 154 Å². The van der Waals surface area contributed by atoms with Gasteiger partial charge in [0, 0.05) is 0 Å². The highest BCUT2D eigenvalue weighted by Crippen LogP contribution is 2.50. The number of hydrogen-bond donors (Lipinski definition) is 0. The lowest BCUT2D eigenvalue weighted by Crippen LogP contribution is -2.38. The van der Waals surface area contributed by atoms with Crippen molar-refractivity contribution in [1.82, 2.24) is 0 Å². The highest BCUT2D eigenvalue weighted by molar-refractivity contribution is 4.90. The van der Waals surface area contributed by atoms with Gasteiger partial charge < -0.3 is 0 Å². The topological polar surface area (TPSA) is 0 Å². The predicted molar refractivity (Wildman–Crippen MR) is 490 cm³/mol. The second-order valence-corrected chi connectivity index (χ2v) is 37.7. The molecule has 100 heavy (non-hydrogen) atoms. The van der Waals surface area contributed by atoms with Crippen LogP contribution in [-0.2, 0) is 0 Å². The van der Waals surface area contributed by atoms with Gasteiger partial charge in [-0.3, -0.25) is 0 Å².